The number of nitrogens with zero attached hydrogens (tertiary/aromatic N) is 2. The zero-order chi connectivity index (χ0) is 20.0. The summed E-state index contributed by atoms with van der Waals surface area (Å²) in [5.41, 5.74) is -2.77. The Kier molecular flexibility index (Phi) is 7.12. The van der Waals surface area contributed by atoms with Crippen molar-refractivity contribution in [1.82, 2.24) is 10.1 Å². The molecular formula is C19H20F3N3OS2. The number of pyridine rings is 1. The molecule has 0 saturated heterocycles. The van der Waals surface area contributed by atoms with E-state index in [0.29, 0.717) is 17.9 Å². The van der Waals surface area contributed by atoms with E-state index in [4.69, 9.17) is 4.52 Å². The Morgan fingerprint density at radius 3 is 2.61 bits per heavy atom. The quantitative estimate of drug-likeness (QED) is 0.302. The standard InChI is InChI=1S/C19H20F3N3OS2/c1-2-3-4-11-27-18-16-15(9-10-23-18)26-25-17(16)24-12-13-5-7-14(8-6-13)28-19(20,21)22/h5-10H,2-4,11-12H2,1H3,(H,24,25). The minimum absolute atomic E-state index is 0.119. The minimum Gasteiger partial charge on any atom is -0.363 e. The van der Waals surface area contributed by atoms with E-state index in [1.54, 1.807) is 36.2 Å². The third-order valence-electron chi connectivity index (χ3n) is 3.95. The lowest BCUT2D eigenvalue weighted by Crippen LogP contribution is -2.01. The molecule has 0 aliphatic rings. The second kappa shape index (κ2) is 9.56. The van der Waals surface area contributed by atoms with Crippen molar-refractivity contribution in [2.75, 3.05) is 11.1 Å². The fourth-order valence-corrected chi connectivity index (χ4v) is 4.16. The second-order valence-electron chi connectivity index (χ2n) is 6.12. The molecule has 0 atom stereocenters. The van der Waals surface area contributed by atoms with Gasteiger partial charge in [0.25, 0.3) is 0 Å². The van der Waals surface area contributed by atoms with Crippen molar-refractivity contribution in [3.05, 3.63) is 42.1 Å². The first-order chi connectivity index (χ1) is 13.5. The molecule has 28 heavy (non-hydrogen) atoms. The van der Waals surface area contributed by atoms with E-state index in [2.05, 4.69) is 22.4 Å². The summed E-state index contributed by atoms with van der Waals surface area (Å²) in [7, 11) is 0. The first kappa shape index (κ1) is 20.9. The van der Waals surface area contributed by atoms with Crippen LogP contribution in [0.1, 0.15) is 31.7 Å². The Morgan fingerprint density at radius 1 is 1.11 bits per heavy atom. The summed E-state index contributed by atoms with van der Waals surface area (Å²) in [5, 5.41) is 9.01. The van der Waals surface area contributed by atoms with Crippen LogP contribution in [-0.4, -0.2) is 21.4 Å². The van der Waals surface area contributed by atoms with E-state index in [0.717, 1.165) is 28.1 Å². The predicted octanol–water partition coefficient (Wildman–Crippen LogP) is 6.73. The molecule has 0 unspecified atom stereocenters. The van der Waals surface area contributed by atoms with Gasteiger partial charge in [-0.15, -0.1) is 11.8 Å². The van der Waals surface area contributed by atoms with E-state index < -0.39 is 5.51 Å². The van der Waals surface area contributed by atoms with Gasteiger partial charge in [-0.1, -0.05) is 37.1 Å². The van der Waals surface area contributed by atoms with Gasteiger partial charge in [0.2, 0.25) is 0 Å². The van der Waals surface area contributed by atoms with Gasteiger partial charge in [0.05, 0.1) is 5.39 Å². The molecule has 4 nitrogen and oxygen atoms in total. The van der Waals surface area contributed by atoms with E-state index in [-0.39, 0.29) is 16.7 Å². The lowest BCUT2D eigenvalue weighted by atomic mass is 10.2. The van der Waals surface area contributed by atoms with Crippen molar-refractivity contribution in [2.24, 2.45) is 0 Å². The topological polar surface area (TPSA) is 51.0 Å². The number of fused-ring (bicyclic) bond motifs is 1. The molecule has 0 saturated carbocycles. The van der Waals surface area contributed by atoms with Crippen molar-refractivity contribution in [3.63, 3.8) is 0 Å². The number of unbranched alkanes of at least 4 members (excludes halogenated alkanes) is 2. The van der Waals surface area contributed by atoms with Crippen LogP contribution in [0.5, 0.6) is 0 Å². The molecule has 9 heteroatoms. The van der Waals surface area contributed by atoms with Crippen molar-refractivity contribution < 1.29 is 17.7 Å². The highest BCUT2D eigenvalue weighted by molar-refractivity contribution is 8.00. The van der Waals surface area contributed by atoms with E-state index in [9.17, 15) is 13.2 Å². The molecule has 0 radical (unpaired) electrons. The van der Waals surface area contributed by atoms with Crippen molar-refractivity contribution in [2.45, 2.75) is 48.2 Å². The number of halogens is 3. The van der Waals surface area contributed by atoms with Crippen molar-refractivity contribution >= 4 is 40.3 Å². The molecular weight excluding hydrogens is 407 g/mol. The molecule has 1 N–H and O–H groups in total. The van der Waals surface area contributed by atoms with Crippen LogP contribution in [0.3, 0.4) is 0 Å². The zero-order valence-electron chi connectivity index (χ0n) is 15.3. The first-order valence-corrected chi connectivity index (χ1v) is 10.7. The smallest absolute Gasteiger partial charge is 0.363 e. The second-order valence-corrected chi connectivity index (χ2v) is 8.34. The average Bonchev–Trinajstić information content (AvgIpc) is 3.07. The van der Waals surface area contributed by atoms with Crippen molar-refractivity contribution in [3.8, 4) is 0 Å². The molecule has 2 heterocycles. The first-order valence-electron chi connectivity index (χ1n) is 8.92. The van der Waals surface area contributed by atoms with Crippen LogP contribution in [0, 0.1) is 0 Å². The number of nitrogens with one attached hydrogen (secondary N) is 1. The number of anilines is 1. The van der Waals surface area contributed by atoms with Crippen LogP contribution in [0.4, 0.5) is 19.0 Å². The number of alkyl halides is 3. The van der Waals surface area contributed by atoms with E-state index in [1.165, 1.54) is 25.0 Å². The number of hydrogen-bond acceptors (Lipinski definition) is 6. The molecule has 0 amide bonds. The van der Waals surface area contributed by atoms with Gasteiger partial charge in [0.1, 0.15) is 5.03 Å². The molecule has 3 rings (SSSR count). The SMILES string of the molecule is CCCCCSc1nccc2onc(NCc3ccc(SC(F)(F)F)cc3)c12. The molecule has 0 fully saturated rings. The van der Waals surface area contributed by atoms with Gasteiger partial charge < -0.3 is 9.84 Å². The average molecular weight is 428 g/mol. The van der Waals surface area contributed by atoms with Crippen LogP contribution in [0.2, 0.25) is 0 Å². The van der Waals surface area contributed by atoms with Crippen LogP contribution in [0.15, 0.2) is 51.0 Å². The molecule has 0 bridgehead atoms. The molecule has 0 aliphatic carbocycles. The van der Waals surface area contributed by atoms with Gasteiger partial charge in [-0.3, -0.25) is 0 Å². The maximum atomic E-state index is 12.4. The molecule has 2 aromatic heterocycles. The highest BCUT2D eigenvalue weighted by Crippen LogP contribution is 2.37. The number of rotatable bonds is 9. The third kappa shape index (κ3) is 5.81. The van der Waals surface area contributed by atoms with Gasteiger partial charge in [-0.05, 0) is 41.6 Å². The normalized spacial score (nSPS) is 11.9. The van der Waals surface area contributed by atoms with Crippen LogP contribution >= 0.6 is 23.5 Å². The van der Waals surface area contributed by atoms with Crippen LogP contribution in [0.25, 0.3) is 11.0 Å². The number of hydrogen-bond donors (Lipinski definition) is 1. The summed E-state index contributed by atoms with van der Waals surface area (Å²) in [6.45, 7) is 2.59. The fourth-order valence-electron chi connectivity index (χ4n) is 2.61. The number of aromatic nitrogens is 2. The van der Waals surface area contributed by atoms with E-state index >= 15 is 0 Å². The molecule has 150 valence electrons. The summed E-state index contributed by atoms with van der Waals surface area (Å²) >= 11 is 1.56. The minimum atomic E-state index is -4.28. The van der Waals surface area contributed by atoms with Crippen molar-refractivity contribution in [1.29, 1.82) is 0 Å². The largest absolute Gasteiger partial charge is 0.446 e. The van der Waals surface area contributed by atoms with E-state index in [1.807, 2.05) is 0 Å². The molecule has 3 aromatic rings. The summed E-state index contributed by atoms with van der Waals surface area (Å²) in [6.07, 6.45) is 5.17. The lowest BCUT2D eigenvalue weighted by molar-refractivity contribution is -0.0328. The Balaban J connectivity index is 1.67. The summed E-state index contributed by atoms with van der Waals surface area (Å²) in [4.78, 5) is 4.62. The van der Waals surface area contributed by atoms with Gasteiger partial charge in [-0.2, -0.15) is 13.2 Å². The van der Waals surface area contributed by atoms with Crippen LogP contribution in [-0.2, 0) is 6.54 Å². The number of thioether (sulfide) groups is 2. The van der Waals surface area contributed by atoms with Gasteiger partial charge in [0, 0.05) is 23.7 Å². The Morgan fingerprint density at radius 2 is 1.89 bits per heavy atom. The molecule has 0 spiro atoms. The third-order valence-corrected chi connectivity index (χ3v) is 5.77. The predicted molar refractivity (Wildman–Crippen MR) is 108 cm³/mol. The monoisotopic (exact) mass is 427 g/mol. The van der Waals surface area contributed by atoms with Gasteiger partial charge in [-0.25, -0.2) is 4.98 Å². The Bertz CT molecular complexity index is 898. The summed E-state index contributed by atoms with van der Waals surface area (Å²) in [6, 6.07) is 8.04. The highest BCUT2D eigenvalue weighted by Gasteiger charge is 2.29. The van der Waals surface area contributed by atoms with Crippen LogP contribution < -0.4 is 5.32 Å². The van der Waals surface area contributed by atoms with Gasteiger partial charge >= 0.3 is 5.51 Å². The lowest BCUT2D eigenvalue weighted by Gasteiger charge is -2.08. The molecule has 0 aliphatic heterocycles. The molecule has 1 aromatic carbocycles. The Hall–Kier alpha value is -1.87. The fraction of sp³-hybridized carbons (Fsp3) is 0.368. The maximum Gasteiger partial charge on any atom is 0.446 e. The summed E-state index contributed by atoms with van der Waals surface area (Å²) < 4.78 is 42.6. The van der Waals surface area contributed by atoms with Gasteiger partial charge in [0.15, 0.2) is 11.4 Å². The highest BCUT2D eigenvalue weighted by atomic mass is 32.2. The zero-order valence-corrected chi connectivity index (χ0v) is 16.9. The Labute approximate surface area is 169 Å². The maximum absolute atomic E-state index is 12.4. The number of benzene rings is 1. The summed E-state index contributed by atoms with van der Waals surface area (Å²) in [5.74, 6) is 1.57.